The lowest BCUT2D eigenvalue weighted by atomic mass is 9.89. The van der Waals surface area contributed by atoms with E-state index in [1.807, 2.05) is 39.0 Å². The Hall–Kier alpha value is -1.14. The number of amides is 1. The van der Waals surface area contributed by atoms with Gasteiger partial charge in [0.1, 0.15) is 15.7 Å². The van der Waals surface area contributed by atoms with Crippen LogP contribution in [0.5, 0.6) is 0 Å². The molecule has 4 nitrogen and oxygen atoms in total. The van der Waals surface area contributed by atoms with Crippen molar-refractivity contribution in [2.24, 2.45) is 5.92 Å². The van der Waals surface area contributed by atoms with Crippen molar-refractivity contribution in [2.45, 2.75) is 64.4 Å². The lowest BCUT2D eigenvalue weighted by Crippen LogP contribution is -2.41. The molecule has 0 saturated heterocycles. The molecule has 1 amide bonds. The maximum Gasteiger partial charge on any atom is 0.230 e. The number of thiophene rings is 1. The maximum atomic E-state index is 12.2. The van der Waals surface area contributed by atoms with Gasteiger partial charge in [0.2, 0.25) is 5.91 Å². The molecule has 3 rings (SSSR count). The number of carbonyl (C=O) groups is 1. The molecule has 0 saturated carbocycles. The largest absolute Gasteiger partial charge is 0.351 e. The highest BCUT2D eigenvalue weighted by molar-refractivity contribution is 8.00. The molecule has 2 heterocycles. The summed E-state index contributed by atoms with van der Waals surface area (Å²) in [5, 5.41) is 5.18. The first-order valence-electron chi connectivity index (χ1n) is 8.45. The Morgan fingerprint density at radius 1 is 1.38 bits per heavy atom. The molecule has 1 atom stereocenters. The number of aryl methyl sites for hydroxylation is 2. The van der Waals surface area contributed by atoms with Crippen LogP contribution in [0.15, 0.2) is 5.03 Å². The van der Waals surface area contributed by atoms with Gasteiger partial charge in [0.05, 0.1) is 5.75 Å². The van der Waals surface area contributed by atoms with Crippen molar-refractivity contribution in [3.8, 4) is 0 Å². The van der Waals surface area contributed by atoms with Crippen LogP contribution in [0.4, 0.5) is 0 Å². The minimum Gasteiger partial charge on any atom is -0.351 e. The molecular weight excluding hydrogens is 338 g/mol. The molecule has 1 aliphatic rings. The number of nitrogens with zero attached hydrogens (tertiary/aromatic N) is 2. The summed E-state index contributed by atoms with van der Waals surface area (Å²) in [5.41, 5.74) is 1.22. The van der Waals surface area contributed by atoms with Crippen LogP contribution in [0.2, 0.25) is 0 Å². The van der Waals surface area contributed by atoms with Crippen LogP contribution < -0.4 is 5.32 Å². The number of rotatable bonds is 3. The van der Waals surface area contributed by atoms with Gasteiger partial charge in [-0.05, 0) is 58.4 Å². The quantitative estimate of drug-likeness (QED) is 0.658. The molecule has 0 spiro atoms. The first-order valence-corrected chi connectivity index (χ1v) is 10.3. The summed E-state index contributed by atoms with van der Waals surface area (Å²) in [5.74, 6) is 1.97. The Labute approximate surface area is 151 Å². The van der Waals surface area contributed by atoms with E-state index in [4.69, 9.17) is 0 Å². The second kappa shape index (κ2) is 6.64. The van der Waals surface area contributed by atoms with Gasteiger partial charge >= 0.3 is 0 Å². The molecule has 1 N–H and O–H groups in total. The SMILES string of the molecule is Cc1nc(SCC(=O)NC(C)(C)C)c2c3c(sc2n1)CC(C)CC3. The predicted molar refractivity (Wildman–Crippen MR) is 102 cm³/mol. The van der Waals surface area contributed by atoms with Crippen molar-refractivity contribution in [3.05, 3.63) is 16.3 Å². The van der Waals surface area contributed by atoms with Crippen molar-refractivity contribution < 1.29 is 4.79 Å². The van der Waals surface area contributed by atoms with Gasteiger partial charge < -0.3 is 5.32 Å². The van der Waals surface area contributed by atoms with Crippen LogP contribution >= 0.6 is 23.1 Å². The minimum absolute atomic E-state index is 0.0506. The van der Waals surface area contributed by atoms with Crippen molar-refractivity contribution >= 4 is 39.2 Å². The van der Waals surface area contributed by atoms with E-state index in [1.54, 1.807) is 0 Å². The molecule has 0 fully saturated rings. The number of aromatic nitrogens is 2. The van der Waals surface area contributed by atoms with E-state index >= 15 is 0 Å². The molecule has 6 heteroatoms. The maximum absolute atomic E-state index is 12.2. The lowest BCUT2D eigenvalue weighted by Gasteiger charge is -2.20. The Balaban J connectivity index is 1.89. The topological polar surface area (TPSA) is 54.9 Å². The Morgan fingerprint density at radius 3 is 2.83 bits per heavy atom. The molecule has 0 radical (unpaired) electrons. The van der Waals surface area contributed by atoms with Crippen LogP contribution in [0.25, 0.3) is 10.2 Å². The number of hydrogen-bond donors (Lipinski definition) is 1. The predicted octanol–water partition coefficient (Wildman–Crippen LogP) is 4.13. The van der Waals surface area contributed by atoms with Gasteiger partial charge in [0.15, 0.2) is 0 Å². The van der Waals surface area contributed by atoms with Crippen LogP contribution in [0, 0.1) is 12.8 Å². The normalized spacial score (nSPS) is 17.8. The van der Waals surface area contributed by atoms with Gasteiger partial charge in [0, 0.05) is 15.8 Å². The highest BCUT2D eigenvalue weighted by Gasteiger charge is 2.24. The van der Waals surface area contributed by atoms with Crippen molar-refractivity contribution in [3.63, 3.8) is 0 Å². The summed E-state index contributed by atoms with van der Waals surface area (Å²) in [6.07, 6.45) is 3.47. The number of hydrogen-bond acceptors (Lipinski definition) is 5. The van der Waals surface area contributed by atoms with Crippen LogP contribution in [-0.4, -0.2) is 27.2 Å². The molecule has 2 aromatic heterocycles. The van der Waals surface area contributed by atoms with E-state index in [0.29, 0.717) is 5.75 Å². The van der Waals surface area contributed by atoms with Crippen LogP contribution in [-0.2, 0) is 17.6 Å². The zero-order valence-corrected chi connectivity index (χ0v) is 16.7. The first-order chi connectivity index (χ1) is 11.2. The van der Waals surface area contributed by atoms with Crippen LogP contribution in [0.3, 0.4) is 0 Å². The van der Waals surface area contributed by atoms with Crippen molar-refractivity contribution in [1.29, 1.82) is 0 Å². The smallest absolute Gasteiger partial charge is 0.230 e. The summed E-state index contributed by atoms with van der Waals surface area (Å²) in [4.78, 5) is 24.0. The third kappa shape index (κ3) is 3.91. The Kier molecular flexibility index (Phi) is 4.89. The third-order valence-electron chi connectivity index (χ3n) is 4.09. The second-order valence-electron chi connectivity index (χ2n) is 7.69. The summed E-state index contributed by atoms with van der Waals surface area (Å²) >= 11 is 3.35. The van der Waals surface area contributed by atoms with Gasteiger partial charge in [-0.2, -0.15) is 0 Å². The first kappa shape index (κ1) is 17.7. The number of carbonyl (C=O) groups excluding carboxylic acids is 1. The monoisotopic (exact) mass is 363 g/mol. The Bertz CT molecular complexity index is 777. The van der Waals surface area contributed by atoms with E-state index < -0.39 is 0 Å². The molecular formula is C18H25N3OS2. The van der Waals surface area contributed by atoms with Crippen molar-refractivity contribution in [2.75, 3.05) is 5.75 Å². The number of nitrogens with one attached hydrogen (secondary N) is 1. The van der Waals surface area contributed by atoms with Gasteiger partial charge in [-0.15, -0.1) is 11.3 Å². The fourth-order valence-corrected chi connectivity index (χ4v) is 5.50. The average molecular weight is 364 g/mol. The van der Waals surface area contributed by atoms with E-state index in [2.05, 4.69) is 22.2 Å². The molecule has 0 aromatic carbocycles. The van der Waals surface area contributed by atoms with E-state index in [1.165, 1.54) is 34.0 Å². The van der Waals surface area contributed by atoms with Crippen LogP contribution in [0.1, 0.15) is 50.4 Å². The zero-order chi connectivity index (χ0) is 17.5. The third-order valence-corrected chi connectivity index (χ3v) is 6.21. The lowest BCUT2D eigenvalue weighted by molar-refractivity contribution is -0.119. The summed E-state index contributed by atoms with van der Waals surface area (Å²) in [7, 11) is 0. The summed E-state index contributed by atoms with van der Waals surface area (Å²) in [6.45, 7) is 10.2. The minimum atomic E-state index is -0.202. The van der Waals surface area contributed by atoms with Gasteiger partial charge in [-0.3, -0.25) is 4.79 Å². The highest BCUT2D eigenvalue weighted by Crippen LogP contribution is 2.40. The zero-order valence-electron chi connectivity index (χ0n) is 15.0. The molecule has 24 heavy (non-hydrogen) atoms. The number of fused-ring (bicyclic) bond motifs is 3. The fraction of sp³-hybridized carbons (Fsp3) is 0.611. The molecule has 130 valence electrons. The average Bonchev–Trinajstić information content (AvgIpc) is 2.79. The number of thioether (sulfide) groups is 1. The fourth-order valence-electron chi connectivity index (χ4n) is 3.10. The second-order valence-corrected chi connectivity index (χ2v) is 9.74. The molecule has 1 aliphatic carbocycles. The molecule has 0 bridgehead atoms. The molecule has 2 aromatic rings. The standard InChI is InChI=1S/C18H25N3OS2/c1-10-6-7-12-13(8-10)24-17-15(12)16(19-11(2)20-17)23-9-14(22)21-18(3,4)5/h10H,6-9H2,1-5H3,(H,21,22). The van der Waals surface area contributed by atoms with Gasteiger partial charge in [-0.25, -0.2) is 9.97 Å². The highest BCUT2D eigenvalue weighted by atomic mass is 32.2. The van der Waals surface area contributed by atoms with E-state index in [0.717, 1.165) is 34.4 Å². The molecule has 0 aliphatic heterocycles. The summed E-state index contributed by atoms with van der Waals surface area (Å²) < 4.78 is 0. The van der Waals surface area contributed by atoms with Gasteiger partial charge in [-0.1, -0.05) is 18.7 Å². The van der Waals surface area contributed by atoms with Gasteiger partial charge in [0.25, 0.3) is 0 Å². The Morgan fingerprint density at radius 2 is 2.12 bits per heavy atom. The summed E-state index contributed by atoms with van der Waals surface area (Å²) in [6, 6.07) is 0. The van der Waals surface area contributed by atoms with E-state index in [-0.39, 0.29) is 11.4 Å². The van der Waals surface area contributed by atoms with Crippen molar-refractivity contribution in [1.82, 2.24) is 15.3 Å². The molecule has 1 unspecified atom stereocenters. The van der Waals surface area contributed by atoms with E-state index in [9.17, 15) is 4.79 Å².